The van der Waals surface area contributed by atoms with Crippen LogP contribution >= 0.6 is 22.6 Å². The summed E-state index contributed by atoms with van der Waals surface area (Å²) in [5.41, 5.74) is 2.17. The van der Waals surface area contributed by atoms with Crippen molar-refractivity contribution in [2.45, 2.75) is 6.92 Å². The minimum absolute atomic E-state index is 0.0393. The predicted octanol–water partition coefficient (Wildman–Crippen LogP) is 4.73. The lowest BCUT2D eigenvalue weighted by molar-refractivity contribution is 0.445. The van der Waals surface area contributed by atoms with Crippen LogP contribution in [0.5, 0.6) is 5.88 Å². The summed E-state index contributed by atoms with van der Waals surface area (Å²) in [7, 11) is 1.64. The monoisotopic (exact) mass is 441 g/mol. The lowest BCUT2D eigenvalue weighted by atomic mass is 10.0. The standard InChI is InChI=1S/C17H14F2IN3O/c1-9-7-10(20)3-6-14(9)21-16-11(4-5-13(18)15(16)19)12-8-23(2)22-17(12)24/h3-8,21H,1-2H3,(H,22,24). The molecule has 2 aromatic carbocycles. The largest absolute Gasteiger partial charge is 0.492 e. The lowest BCUT2D eigenvalue weighted by Crippen LogP contribution is -2.01. The molecule has 24 heavy (non-hydrogen) atoms. The zero-order valence-electron chi connectivity index (χ0n) is 12.9. The van der Waals surface area contributed by atoms with Crippen molar-refractivity contribution in [3.63, 3.8) is 0 Å². The van der Waals surface area contributed by atoms with Gasteiger partial charge in [-0.2, -0.15) is 0 Å². The normalized spacial score (nSPS) is 10.9. The summed E-state index contributed by atoms with van der Waals surface area (Å²) in [6.07, 6.45) is 1.55. The number of aromatic hydroxyl groups is 1. The Bertz CT molecular complexity index is 924. The fourth-order valence-electron chi connectivity index (χ4n) is 2.47. The van der Waals surface area contributed by atoms with Crippen molar-refractivity contribution in [2.75, 3.05) is 5.32 Å². The van der Waals surface area contributed by atoms with E-state index in [0.717, 1.165) is 15.2 Å². The molecule has 0 aliphatic heterocycles. The van der Waals surface area contributed by atoms with Crippen molar-refractivity contribution in [1.29, 1.82) is 0 Å². The lowest BCUT2D eigenvalue weighted by Gasteiger charge is -2.15. The molecule has 1 heterocycles. The molecular formula is C17H14F2IN3O. The Balaban J connectivity index is 2.15. The molecular weight excluding hydrogens is 427 g/mol. The fraction of sp³-hybridized carbons (Fsp3) is 0.118. The van der Waals surface area contributed by atoms with Crippen molar-refractivity contribution in [3.8, 4) is 17.0 Å². The first-order valence-electron chi connectivity index (χ1n) is 7.11. The number of aromatic nitrogens is 2. The molecule has 0 unspecified atom stereocenters. The van der Waals surface area contributed by atoms with Crippen molar-refractivity contribution < 1.29 is 13.9 Å². The van der Waals surface area contributed by atoms with Crippen LogP contribution in [0.4, 0.5) is 20.2 Å². The minimum atomic E-state index is -1.01. The first-order valence-corrected chi connectivity index (χ1v) is 8.19. The summed E-state index contributed by atoms with van der Waals surface area (Å²) in [4.78, 5) is 0. The molecule has 3 aromatic rings. The number of benzene rings is 2. The highest BCUT2D eigenvalue weighted by molar-refractivity contribution is 14.1. The number of nitrogens with one attached hydrogen (secondary N) is 1. The summed E-state index contributed by atoms with van der Waals surface area (Å²) < 4.78 is 30.6. The first kappa shape index (κ1) is 16.7. The van der Waals surface area contributed by atoms with Crippen LogP contribution < -0.4 is 5.32 Å². The Hall–Kier alpha value is -2.16. The average Bonchev–Trinajstić information content (AvgIpc) is 2.85. The third-order valence-corrected chi connectivity index (χ3v) is 4.31. The van der Waals surface area contributed by atoms with Gasteiger partial charge in [-0.1, -0.05) is 0 Å². The third kappa shape index (κ3) is 3.08. The fourth-order valence-corrected chi connectivity index (χ4v) is 3.11. The van der Waals surface area contributed by atoms with Crippen molar-refractivity contribution in [2.24, 2.45) is 7.05 Å². The van der Waals surface area contributed by atoms with Gasteiger partial charge in [0.05, 0.1) is 11.3 Å². The molecule has 0 fully saturated rings. The van der Waals surface area contributed by atoms with E-state index >= 15 is 0 Å². The Morgan fingerprint density at radius 3 is 2.54 bits per heavy atom. The van der Waals surface area contributed by atoms with Gasteiger partial charge in [-0.15, -0.1) is 5.10 Å². The minimum Gasteiger partial charge on any atom is -0.492 e. The van der Waals surface area contributed by atoms with Crippen LogP contribution in [0, 0.1) is 22.1 Å². The molecule has 0 bridgehead atoms. The van der Waals surface area contributed by atoms with Gasteiger partial charge in [0.15, 0.2) is 11.6 Å². The van der Waals surface area contributed by atoms with E-state index in [1.165, 1.54) is 10.7 Å². The van der Waals surface area contributed by atoms with Gasteiger partial charge in [0, 0.05) is 28.1 Å². The SMILES string of the molecule is Cc1cc(I)ccc1Nc1c(-c2cn(C)nc2O)ccc(F)c1F. The van der Waals surface area contributed by atoms with Crippen LogP contribution in [0.25, 0.3) is 11.1 Å². The summed E-state index contributed by atoms with van der Waals surface area (Å²) in [6.45, 7) is 1.88. The molecule has 0 aliphatic carbocycles. The third-order valence-electron chi connectivity index (χ3n) is 3.64. The van der Waals surface area contributed by atoms with E-state index < -0.39 is 11.6 Å². The number of nitrogens with zero attached hydrogens (tertiary/aromatic N) is 2. The summed E-state index contributed by atoms with van der Waals surface area (Å²) in [6, 6.07) is 8.05. The molecule has 0 saturated heterocycles. The molecule has 4 nitrogen and oxygen atoms in total. The average molecular weight is 441 g/mol. The number of hydrogen-bond acceptors (Lipinski definition) is 3. The number of halogens is 3. The Labute approximate surface area is 151 Å². The smallest absolute Gasteiger partial charge is 0.238 e. The maximum atomic E-state index is 14.4. The van der Waals surface area contributed by atoms with Gasteiger partial charge in [0.2, 0.25) is 5.88 Å². The number of rotatable bonds is 3. The molecule has 0 saturated carbocycles. The van der Waals surface area contributed by atoms with Crippen LogP contribution in [0.15, 0.2) is 36.5 Å². The van der Waals surface area contributed by atoms with Gasteiger partial charge in [-0.3, -0.25) is 4.68 Å². The van der Waals surface area contributed by atoms with E-state index in [2.05, 4.69) is 33.0 Å². The van der Waals surface area contributed by atoms with Gasteiger partial charge < -0.3 is 10.4 Å². The molecule has 0 aliphatic rings. The first-order chi connectivity index (χ1) is 11.4. The van der Waals surface area contributed by atoms with Crippen molar-refractivity contribution >= 4 is 34.0 Å². The zero-order valence-corrected chi connectivity index (χ0v) is 15.1. The van der Waals surface area contributed by atoms with Crippen LogP contribution in [0.3, 0.4) is 0 Å². The number of anilines is 2. The summed E-state index contributed by atoms with van der Waals surface area (Å²) in [5, 5.41) is 16.7. The Morgan fingerprint density at radius 2 is 1.92 bits per heavy atom. The Kier molecular flexibility index (Phi) is 4.44. The van der Waals surface area contributed by atoms with Crippen LogP contribution in [0.1, 0.15) is 5.56 Å². The number of aryl methyl sites for hydroxylation is 2. The highest BCUT2D eigenvalue weighted by atomic mass is 127. The van der Waals surface area contributed by atoms with E-state index in [9.17, 15) is 13.9 Å². The summed E-state index contributed by atoms with van der Waals surface area (Å²) in [5.74, 6) is -2.22. The van der Waals surface area contributed by atoms with Crippen molar-refractivity contribution in [3.05, 3.63) is 57.3 Å². The van der Waals surface area contributed by atoms with Crippen molar-refractivity contribution in [1.82, 2.24) is 9.78 Å². The number of hydrogen-bond donors (Lipinski definition) is 2. The maximum Gasteiger partial charge on any atom is 0.238 e. The summed E-state index contributed by atoms with van der Waals surface area (Å²) >= 11 is 2.18. The highest BCUT2D eigenvalue weighted by Crippen LogP contribution is 2.38. The second-order valence-corrected chi connectivity index (χ2v) is 6.65. The molecule has 7 heteroatoms. The van der Waals surface area contributed by atoms with E-state index in [4.69, 9.17) is 0 Å². The van der Waals surface area contributed by atoms with Gasteiger partial charge in [-0.25, -0.2) is 8.78 Å². The highest BCUT2D eigenvalue weighted by Gasteiger charge is 2.19. The second-order valence-electron chi connectivity index (χ2n) is 5.41. The van der Waals surface area contributed by atoms with Gasteiger partial charge in [0.1, 0.15) is 0 Å². The molecule has 124 valence electrons. The van der Waals surface area contributed by atoms with E-state index in [1.54, 1.807) is 19.3 Å². The Morgan fingerprint density at radius 1 is 1.17 bits per heavy atom. The molecule has 0 atom stereocenters. The quantitative estimate of drug-likeness (QED) is 0.579. The molecule has 0 amide bonds. The van der Waals surface area contributed by atoms with Gasteiger partial charge in [-0.05, 0) is 65.4 Å². The maximum absolute atomic E-state index is 14.4. The molecule has 0 radical (unpaired) electrons. The van der Waals surface area contributed by atoms with Crippen LogP contribution in [-0.4, -0.2) is 14.9 Å². The van der Waals surface area contributed by atoms with E-state index in [0.29, 0.717) is 16.8 Å². The predicted molar refractivity (Wildman–Crippen MR) is 97.4 cm³/mol. The van der Waals surface area contributed by atoms with E-state index in [1.807, 2.05) is 19.1 Å². The second kappa shape index (κ2) is 6.39. The van der Waals surface area contributed by atoms with Gasteiger partial charge in [0.25, 0.3) is 0 Å². The van der Waals surface area contributed by atoms with E-state index in [-0.39, 0.29) is 11.6 Å². The van der Waals surface area contributed by atoms with Crippen LogP contribution in [0.2, 0.25) is 0 Å². The molecule has 1 aromatic heterocycles. The van der Waals surface area contributed by atoms with Crippen LogP contribution in [-0.2, 0) is 7.05 Å². The molecule has 3 rings (SSSR count). The zero-order chi connectivity index (χ0) is 17.4. The van der Waals surface area contributed by atoms with Gasteiger partial charge >= 0.3 is 0 Å². The molecule has 0 spiro atoms. The topological polar surface area (TPSA) is 50.1 Å². The molecule has 2 N–H and O–H groups in total.